The second-order valence-corrected chi connectivity index (χ2v) is 9.12. The van der Waals surface area contributed by atoms with Gasteiger partial charge in [-0.25, -0.2) is 0 Å². The Morgan fingerprint density at radius 3 is 2.20 bits per heavy atom. The summed E-state index contributed by atoms with van der Waals surface area (Å²) in [7, 11) is -8.43. The molecule has 0 aliphatic carbocycles. The lowest BCUT2D eigenvalue weighted by atomic mass is 10.1. The van der Waals surface area contributed by atoms with Crippen LogP contribution >= 0.6 is 0 Å². The maximum Gasteiger partial charge on any atom is 0.295 e. The molecule has 0 fully saturated rings. The van der Waals surface area contributed by atoms with E-state index in [1.54, 1.807) is 6.07 Å². The van der Waals surface area contributed by atoms with E-state index in [0.29, 0.717) is 6.54 Å². The Morgan fingerprint density at radius 2 is 1.63 bits per heavy atom. The summed E-state index contributed by atoms with van der Waals surface area (Å²) in [4.78, 5) is -0.355. The van der Waals surface area contributed by atoms with Crippen LogP contribution in [0.5, 0.6) is 5.75 Å². The maximum absolute atomic E-state index is 11.1. The highest BCUT2D eigenvalue weighted by Gasteiger charge is 2.16. The zero-order chi connectivity index (χ0) is 22.7. The van der Waals surface area contributed by atoms with Crippen molar-refractivity contribution in [3.63, 3.8) is 0 Å². The summed E-state index contributed by atoms with van der Waals surface area (Å²) < 4.78 is 61.7. The summed E-state index contributed by atoms with van der Waals surface area (Å²) in [6, 6.07) is 11.3. The molecule has 11 heteroatoms. The van der Waals surface area contributed by atoms with Gasteiger partial charge >= 0.3 is 0 Å². The molecule has 0 saturated carbocycles. The predicted octanol–water partition coefficient (Wildman–Crippen LogP) is 3.05. The molecule has 0 bridgehead atoms. The molecular weight excluding hydrogens is 432 g/mol. The number of nitrogens with two attached hydrogens (primary N) is 1. The number of hydrogen-bond acceptors (Lipinski definition) is 7. The molecule has 0 aromatic heterocycles. The largest absolute Gasteiger partial charge is 0.507 e. The van der Waals surface area contributed by atoms with E-state index in [1.165, 1.54) is 42.5 Å². The summed E-state index contributed by atoms with van der Waals surface area (Å²) in [5.41, 5.74) is 7.55. The first-order valence-corrected chi connectivity index (χ1v) is 11.5. The van der Waals surface area contributed by atoms with Crippen LogP contribution in [0.2, 0.25) is 0 Å². The van der Waals surface area contributed by atoms with Crippen LogP contribution in [0.4, 0.5) is 11.4 Å². The number of phenols is 1. The molecule has 0 spiro atoms. The highest BCUT2D eigenvalue weighted by molar-refractivity contribution is 7.86. The van der Waals surface area contributed by atoms with E-state index >= 15 is 0 Å². The van der Waals surface area contributed by atoms with Gasteiger partial charge in [-0.05, 0) is 49.7 Å². The molecule has 3 aromatic rings. The molecule has 30 heavy (non-hydrogen) atoms. The minimum atomic E-state index is -4.33. The van der Waals surface area contributed by atoms with Crippen molar-refractivity contribution >= 4 is 42.4 Å². The fraction of sp³-hybridized carbons (Fsp3) is 0.158. The number of rotatable bonds is 4. The molecule has 0 aliphatic rings. The third-order valence-corrected chi connectivity index (χ3v) is 5.92. The highest BCUT2D eigenvalue weighted by atomic mass is 32.2. The summed E-state index contributed by atoms with van der Waals surface area (Å²) in [6.07, 6.45) is 0. The topological polar surface area (TPSA) is 167 Å². The third kappa shape index (κ3) is 5.39. The van der Waals surface area contributed by atoms with E-state index in [0.717, 1.165) is 11.3 Å². The summed E-state index contributed by atoms with van der Waals surface area (Å²) in [6.45, 7) is 4.49. The number of nitrogen functional groups attached to an aromatic ring is 1. The molecule has 0 radical (unpaired) electrons. The second kappa shape index (κ2) is 8.88. The normalized spacial score (nSPS) is 11.6. The summed E-state index contributed by atoms with van der Waals surface area (Å²) in [5, 5.41) is 13.0. The van der Waals surface area contributed by atoms with Crippen LogP contribution in [-0.4, -0.2) is 37.6 Å². The van der Waals surface area contributed by atoms with Gasteiger partial charge < -0.3 is 16.2 Å². The Kier molecular flexibility index (Phi) is 6.93. The first-order chi connectivity index (χ1) is 13.9. The number of hydrogen-bond donors (Lipinski definition) is 5. The average Bonchev–Trinajstić information content (AvgIpc) is 2.62. The molecule has 0 atom stereocenters. The first kappa shape index (κ1) is 23.4. The zero-order valence-electron chi connectivity index (χ0n) is 16.2. The molecule has 0 heterocycles. The lowest BCUT2D eigenvalue weighted by Crippen LogP contribution is -2.03. The molecule has 3 aromatic carbocycles. The highest BCUT2D eigenvalue weighted by Crippen LogP contribution is 2.33. The van der Waals surface area contributed by atoms with Crippen molar-refractivity contribution in [2.75, 3.05) is 17.6 Å². The standard InChI is InChI=1S/C10H9NO4S.C9H13NO3S/c11-7-4-5-9(16(13,14)15)6-2-1-3-8(12)10(6)7;1-3-10-9-6-8(14(11,12)13)5-4-7(9)2/h1-5,12H,11H2,(H,13,14,15);4-6,10H,3H2,1-2H3,(H,11,12,13). The van der Waals surface area contributed by atoms with E-state index in [-0.39, 0.29) is 32.0 Å². The fourth-order valence-corrected chi connectivity index (χ4v) is 3.95. The molecule has 9 nitrogen and oxygen atoms in total. The minimum Gasteiger partial charge on any atom is -0.507 e. The molecule has 0 amide bonds. The number of benzene rings is 3. The lowest BCUT2D eigenvalue weighted by molar-refractivity contribution is 0.480. The predicted molar refractivity (Wildman–Crippen MR) is 115 cm³/mol. The van der Waals surface area contributed by atoms with Gasteiger partial charge in [-0.1, -0.05) is 18.2 Å². The Balaban J connectivity index is 0.000000216. The number of nitrogens with one attached hydrogen (secondary N) is 1. The molecule has 6 N–H and O–H groups in total. The first-order valence-electron chi connectivity index (χ1n) is 8.66. The number of anilines is 2. The van der Waals surface area contributed by atoms with Crippen molar-refractivity contribution in [1.29, 1.82) is 0 Å². The van der Waals surface area contributed by atoms with E-state index < -0.39 is 20.2 Å². The number of phenolic OH excluding ortho intramolecular Hbond substituents is 1. The van der Waals surface area contributed by atoms with Gasteiger partial charge in [-0.3, -0.25) is 9.11 Å². The van der Waals surface area contributed by atoms with Crippen LogP contribution < -0.4 is 11.1 Å². The lowest BCUT2D eigenvalue weighted by Gasteiger charge is -2.08. The average molecular weight is 455 g/mol. The quantitative estimate of drug-likeness (QED) is 0.294. The maximum atomic E-state index is 11.1. The second-order valence-electron chi connectivity index (χ2n) is 6.31. The van der Waals surface area contributed by atoms with Gasteiger partial charge in [0.1, 0.15) is 10.6 Å². The van der Waals surface area contributed by atoms with Gasteiger partial charge in [0, 0.05) is 28.7 Å². The Hall–Kier alpha value is -2.86. The fourth-order valence-electron chi connectivity index (χ4n) is 2.75. The zero-order valence-corrected chi connectivity index (χ0v) is 17.8. The Morgan fingerprint density at radius 1 is 0.967 bits per heavy atom. The number of fused-ring (bicyclic) bond motifs is 1. The van der Waals surface area contributed by atoms with Gasteiger partial charge in [-0.15, -0.1) is 0 Å². The monoisotopic (exact) mass is 454 g/mol. The van der Waals surface area contributed by atoms with Crippen molar-refractivity contribution in [3.8, 4) is 5.75 Å². The molecule has 0 saturated heterocycles. The van der Waals surface area contributed by atoms with Gasteiger partial charge in [0.05, 0.1) is 4.90 Å². The van der Waals surface area contributed by atoms with Gasteiger partial charge in [0.15, 0.2) is 0 Å². The molecule has 0 unspecified atom stereocenters. The van der Waals surface area contributed by atoms with Gasteiger partial charge in [0.2, 0.25) is 0 Å². The Labute approximate surface area is 174 Å². The van der Waals surface area contributed by atoms with E-state index in [2.05, 4.69) is 5.32 Å². The van der Waals surface area contributed by atoms with Crippen LogP contribution in [0.15, 0.2) is 58.3 Å². The minimum absolute atomic E-state index is 0.0842. The molecule has 162 valence electrons. The van der Waals surface area contributed by atoms with Crippen molar-refractivity contribution in [2.24, 2.45) is 0 Å². The smallest absolute Gasteiger partial charge is 0.295 e. The van der Waals surface area contributed by atoms with Crippen molar-refractivity contribution in [1.82, 2.24) is 0 Å². The van der Waals surface area contributed by atoms with Crippen molar-refractivity contribution in [3.05, 3.63) is 54.1 Å². The van der Waals surface area contributed by atoms with Gasteiger partial charge in [0.25, 0.3) is 20.2 Å². The molecular formula is C19H22N2O7S2. The Bertz CT molecular complexity index is 1280. The van der Waals surface area contributed by atoms with Crippen LogP contribution in [-0.2, 0) is 20.2 Å². The van der Waals surface area contributed by atoms with Crippen molar-refractivity contribution < 1.29 is 31.0 Å². The van der Waals surface area contributed by atoms with Crippen LogP contribution in [0.3, 0.4) is 0 Å². The third-order valence-electron chi connectivity index (χ3n) is 4.16. The van der Waals surface area contributed by atoms with Crippen LogP contribution in [0, 0.1) is 6.92 Å². The number of aromatic hydroxyl groups is 1. The number of aryl methyl sites for hydroxylation is 1. The van der Waals surface area contributed by atoms with Crippen LogP contribution in [0.25, 0.3) is 10.8 Å². The van der Waals surface area contributed by atoms with E-state index in [4.69, 9.17) is 14.8 Å². The van der Waals surface area contributed by atoms with E-state index in [1.807, 2.05) is 13.8 Å². The van der Waals surface area contributed by atoms with Crippen molar-refractivity contribution in [2.45, 2.75) is 23.6 Å². The SMILES string of the molecule is CCNc1cc(S(=O)(=O)O)ccc1C.Nc1ccc(S(=O)(=O)O)c2cccc(O)c12. The molecule has 0 aliphatic heterocycles. The summed E-state index contributed by atoms with van der Waals surface area (Å²) in [5.74, 6) is -0.125. The van der Waals surface area contributed by atoms with E-state index in [9.17, 15) is 21.9 Å². The molecule has 3 rings (SSSR count). The summed E-state index contributed by atoms with van der Waals surface area (Å²) >= 11 is 0. The van der Waals surface area contributed by atoms with Crippen LogP contribution in [0.1, 0.15) is 12.5 Å². The van der Waals surface area contributed by atoms with Gasteiger partial charge in [-0.2, -0.15) is 16.8 Å².